The molecule has 3 heterocycles. The predicted molar refractivity (Wildman–Crippen MR) is 133 cm³/mol. The van der Waals surface area contributed by atoms with Crippen LogP contribution < -0.4 is 0 Å². The summed E-state index contributed by atoms with van der Waals surface area (Å²) in [4.78, 5) is 13.8. The van der Waals surface area contributed by atoms with Crippen molar-refractivity contribution in [3.63, 3.8) is 0 Å². The van der Waals surface area contributed by atoms with Crippen LogP contribution in [0, 0.1) is 12.3 Å². The molecular weight excluding hydrogens is 436 g/mol. The molecule has 7 heteroatoms. The van der Waals surface area contributed by atoms with E-state index in [0.29, 0.717) is 15.0 Å². The first kappa shape index (κ1) is 20.8. The third kappa shape index (κ3) is 3.82. The number of carbonyl (C=O) groups excluding carboxylic acids is 1. The Morgan fingerprint density at radius 3 is 2.78 bits per heavy atom. The van der Waals surface area contributed by atoms with Gasteiger partial charge in [0.15, 0.2) is 5.78 Å². The van der Waals surface area contributed by atoms with E-state index in [1.807, 2.05) is 25.1 Å². The van der Waals surface area contributed by atoms with Gasteiger partial charge in [-0.1, -0.05) is 66.7 Å². The van der Waals surface area contributed by atoms with E-state index >= 15 is 0 Å². The van der Waals surface area contributed by atoms with E-state index in [0.717, 1.165) is 34.4 Å². The average molecular weight is 459 g/mol. The molecular formula is C25H22N4OS2. The highest BCUT2D eigenvalue weighted by molar-refractivity contribution is 8.19. The number of nitrogens with one attached hydrogen (secondary N) is 1. The fourth-order valence-electron chi connectivity index (χ4n) is 4.01. The van der Waals surface area contributed by atoms with Crippen LogP contribution in [-0.4, -0.2) is 25.6 Å². The molecule has 0 amide bonds. The standard InChI is InChI=1S/C25H22N4OS2/c1-3-21-27-28-25(32-21)22-23(30)20(31-24(22)26)12-17-14-29(19-10-5-4-9-18(17)19)13-16-8-6-7-15(2)11-16/h4-12,14,22,26H,3,13H2,1-2H3/b20-12-,26-24?/t22-/m1/s1. The van der Waals surface area contributed by atoms with Gasteiger partial charge in [-0.25, -0.2) is 0 Å². The number of fused-ring (bicyclic) bond motifs is 1. The van der Waals surface area contributed by atoms with Crippen molar-refractivity contribution in [1.82, 2.24) is 14.8 Å². The number of rotatable bonds is 5. The van der Waals surface area contributed by atoms with Gasteiger partial charge < -0.3 is 4.57 Å². The van der Waals surface area contributed by atoms with Crippen LogP contribution in [0.3, 0.4) is 0 Å². The Kier molecular flexibility index (Phi) is 5.53. The van der Waals surface area contributed by atoms with Gasteiger partial charge in [0.1, 0.15) is 15.9 Å². The highest BCUT2D eigenvalue weighted by atomic mass is 32.2. The van der Waals surface area contributed by atoms with Crippen LogP contribution in [0.4, 0.5) is 0 Å². The zero-order chi connectivity index (χ0) is 22.2. The lowest BCUT2D eigenvalue weighted by Gasteiger charge is -2.06. The summed E-state index contributed by atoms with van der Waals surface area (Å²) in [6, 6.07) is 16.8. The number of ketones is 1. The lowest BCUT2D eigenvalue weighted by Crippen LogP contribution is -2.11. The number of nitrogens with zero attached hydrogens (tertiary/aromatic N) is 3. The summed E-state index contributed by atoms with van der Waals surface area (Å²) < 4.78 is 2.22. The van der Waals surface area contributed by atoms with Crippen molar-refractivity contribution in [1.29, 1.82) is 5.41 Å². The lowest BCUT2D eigenvalue weighted by atomic mass is 10.0. The minimum Gasteiger partial charge on any atom is -0.342 e. The van der Waals surface area contributed by atoms with Gasteiger partial charge in [0.25, 0.3) is 0 Å². The minimum atomic E-state index is -0.621. The molecule has 0 spiro atoms. The highest BCUT2D eigenvalue weighted by Crippen LogP contribution is 2.42. The van der Waals surface area contributed by atoms with Crippen LogP contribution in [0.5, 0.6) is 0 Å². The number of Topliss-reactive ketones (excluding diaryl/α,β-unsaturated/α-hetero) is 1. The van der Waals surface area contributed by atoms with Crippen molar-refractivity contribution in [3.8, 4) is 0 Å². The Balaban J connectivity index is 1.51. The monoisotopic (exact) mass is 458 g/mol. The topological polar surface area (TPSA) is 71.6 Å². The molecule has 2 aromatic carbocycles. The second-order valence-corrected chi connectivity index (χ2v) is 10.1. The molecule has 160 valence electrons. The number of thioether (sulfide) groups is 1. The molecule has 32 heavy (non-hydrogen) atoms. The lowest BCUT2D eigenvalue weighted by molar-refractivity contribution is -0.114. The van der Waals surface area contributed by atoms with E-state index in [2.05, 4.69) is 64.3 Å². The summed E-state index contributed by atoms with van der Waals surface area (Å²) >= 11 is 2.66. The molecule has 5 nitrogen and oxygen atoms in total. The Morgan fingerprint density at radius 1 is 1.16 bits per heavy atom. The van der Waals surface area contributed by atoms with Crippen LogP contribution in [0.2, 0.25) is 0 Å². The number of carbonyl (C=O) groups is 1. The van der Waals surface area contributed by atoms with Crippen LogP contribution in [0.25, 0.3) is 17.0 Å². The molecule has 0 radical (unpaired) electrons. The van der Waals surface area contributed by atoms with E-state index in [-0.39, 0.29) is 5.78 Å². The zero-order valence-electron chi connectivity index (χ0n) is 17.8. The third-order valence-electron chi connectivity index (χ3n) is 5.56. The maximum Gasteiger partial charge on any atom is 0.186 e. The number of aryl methyl sites for hydroxylation is 2. The van der Waals surface area contributed by atoms with Gasteiger partial charge >= 0.3 is 0 Å². The van der Waals surface area contributed by atoms with Gasteiger partial charge in [-0.3, -0.25) is 10.2 Å². The largest absolute Gasteiger partial charge is 0.342 e. The average Bonchev–Trinajstić information content (AvgIpc) is 3.46. The van der Waals surface area contributed by atoms with Crippen molar-refractivity contribution in [2.24, 2.45) is 0 Å². The molecule has 1 atom stereocenters. The number of allylic oxidation sites excluding steroid dienone is 1. The Labute approximate surface area is 194 Å². The fraction of sp³-hybridized carbons (Fsp3) is 0.200. The van der Waals surface area contributed by atoms with Gasteiger partial charge in [0.2, 0.25) is 0 Å². The summed E-state index contributed by atoms with van der Waals surface area (Å²) in [7, 11) is 0. The molecule has 2 aromatic heterocycles. The molecule has 1 saturated heterocycles. The molecule has 1 aliphatic rings. The molecule has 1 fully saturated rings. The van der Waals surface area contributed by atoms with Gasteiger partial charge in [0, 0.05) is 29.2 Å². The van der Waals surface area contributed by atoms with Gasteiger partial charge in [-0.2, -0.15) is 0 Å². The summed E-state index contributed by atoms with van der Waals surface area (Å²) in [6.45, 7) is 4.87. The second kappa shape index (κ2) is 8.48. The first-order valence-corrected chi connectivity index (χ1v) is 12.1. The predicted octanol–water partition coefficient (Wildman–Crippen LogP) is 5.83. The molecule has 5 rings (SSSR count). The second-order valence-electron chi connectivity index (χ2n) is 7.88. The summed E-state index contributed by atoms with van der Waals surface area (Å²) in [5.41, 5.74) is 4.59. The summed E-state index contributed by atoms with van der Waals surface area (Å²) in [5, 5.41) is 19.7. The number of benzene rings is 2. The van der Waals surface area contributed by atoms with Crippen LogP contribution in [0.15, 0.2) is 59.6 Å². The van der Waals surface area contributed by atoms with Crippen molar-refractivity contribution in [2.45, 2.75) is 32.7 Å². The van der Waals surface area contributed by atoms with E-state index in [4.69, 9.17) is 5.41 Å². The van der Waals surface area contributed by atoms with Crippen molar-refractivity contribution in [3.05, 3.63) is 86.3 Å². The van der Waals surface area contributed by atoms with Crippen molar-refractivity contribution < 1.29 is 4.79 Å². The molecule has 0 bridgehead atoms. The van der Waals surface area contributed by atoms with Crippen LogP contribution in [-0.2, 0) is 17.8 Å². The highest BCUT2D eigenvalue weighted by Gasteiger charge is 2.39. The Morgan fingerprint density at radius 2 is 2.00 bits per heavy atom. The first-order chi connectivity index (χ1) is 15.5. The molecule has 1 N–H and O–H groups in total. The van der Waals surface area contributed by atoms with Gasteiger partial charge in [-0.05, 0) is 31.1 Å². The van der Waals surface area contributed by atoms with Crippen molar-refractivity contribution >= 4 is 50.9 Å². The number of para-hydroxylation sites is 1. The van der Waals surface area contributed by atoms with E-state index in [1.54, 1.807) is 0 Å². The normalized spacial score (nSPS) is 17.7. The first-order valence-electron chi connectivity index (χ1n) is 10.5. The smallest absolute Gasteiger partial charge is 0.186 e. The number of hydrogen-bond acceptors (Lipinski definition) is 6. The zero-order valence-corrected chi connectivity index (χ0v) is 19.5. The molecule has 0 unspecified atom stereocenters. The molecule has 4 aromatic rings. The van der Waals surface area contributed by atoms with E-state index < -0.39 is 5.92 Å². The summed E-state index contributed by atoms with van der Waals surface area (Å²) in [6.07, 6.45) is 4.81. The maximum atomic E-state index is 13.2. The Hall–Kier alpha value is -3.03. The van der Waals surface area contributed by atoms with E-state index in [1.165, 1.54) is 34.2 Å². The Bertz CT molecular complexity index is 1380. The van der Waals surface area contributed by atoms with Crippen molar-refractivity contribution in [2.75, 3.05) is 0 Å². The van der Waals surface area contributed by atoms with Gasteiger partial charge in [-0.15, -0.1) is 21.5 Å². The number of hydrogen-bond donors (Lipinski definition) is 1. The maximum absolute atomic E-state index is 13.2. The van der Waals surface area contributed by atoms with E-state index in [9.17, 15) is 4.79 Å². The van der Waals surface area contributed by atoms with Crippen LogP contribution >= 0.6 is 23.1 Å². The number of aromatic nitrogens is 3. The third-order valence-corrected chi connectivity index (χ3v) is 7.69. The summed E-state index contributed by atoms with van der Waals surface area (Å²) in [5.74, 6) is -0.681. The fourth-order valence-corrected chi connectivity index (χ4v) is 5.95. The van der Waals surface area contributed by atoms with Gasteiger partial charge in [0.05, 0.1) is 9.95 Å². The molecule has 0 aliphatic carbocycles. The molecule has 0 saturated carbocycles. The minimum absolute atomic E-state index is 0.0608. The SMILES string of the molecule is CCc1nnc([C@H]2C(=N)S/C(=C\c3cn(Cc4cccc(C)c4)c4ccccc34)C2=O)s1. The quantitative estimate of drug-likeness (QED) is 0.382. The molecule has 1 aliphatic heterocycles. The van der Waals surface area contributed by atoms with Crippen LogP contribution in [0.1, 0.15) is 39.5 Å².